The van der Waals surface area contributed by atoms with Gasteiger partial charge in [0.05, 0.1) is 13.2 Å². The molecule has 0 bridgehead atoms. The van der Waals surface area contributed by atoms with Crippen molar-refractivity contribution in [1.29, 1.82) is 0 Å². The average Bonchev–Trinajstić information content (AvgIpc) is 2.78. The van der Waals surface area contributed by atoms with Crippen LogP contribution >= 0.6 is 0 Å². The lowest BCUT2D eigenvalue weighted by atomic mass is 10.6. The Hall–Kier alpha value is -2.16. The number of aliphatic carboxylic acids is 1. The van der Waals surface area contributed by atoms with Crippen molar-refractivity contribution >= 4 is 12.0 Å². The van der Waals surface area contributed by atoms with Crippen molar-refractivity contribution in [2.24, 2.45) is 0 Å². The lowest BCUT2D eigenvalue weighted by Crippen LogP contribution is -2.37. The summed E-state index contributed by atoms with van der Waals surface area (Å²) in [6, 6.07) is -0.422. The van der Waals surface area contributed by atoms with Gasteiger partial charge in [0.25, 0.3) is 0 Å². The van der Waals surface area contributed by atoms with Gasteiger partial charge in [0, 0.05) is 6.54 Å². The van der Waals surface area contributed by atoms with Gasteiger partial charge < -0.3 is 25.0 Å². The van der Waals surface area contributed by atoms with Crippen molar-refractivity contribution in [1.82, 2.24) is 20.8 Å². The molecule has 0 aliphatic carbocycles. The zero-order valence-electron chi connectivity index (χ0n) is 8.88. The predicted molar refractivity (Wildman–Crippen MR) is 53.0 cm³/mol. The normalized spacial score (nSPS) is 9.88. The van der Waals surface area contributed by atoms with E-state index in [2.05, 4.69) is 25.3 Å². The van der Waals surface area contributed by atoms with Gasteiger partial charge >= 0.3 is 12.0 Å². The maximum Gasteiger partial charge on any atom is 0.329 e. The molecule has 0 aromatic carbocycles. The van der Waals surface area contributed by atoms with Crippen LogP contribution in [0.1, 0.15) is 5.82 Å². The molecule has 0 aliphatic heterocycles. The van der Waals surface area contributed by atoms with Gasteiger partial charge in [0.15, 0.2) is 5.82 Å². The highest BCUT2D eigenvalue weighted by Gasteiger charge is 2.02. The zero-order chi connectivity index (χ0) is 12.5. The fourth-order valence-electron chi connectivity index (χ4n) is 0.888. The molecule has 94 valence electrons. The third kappa shape index (κ3) is 6.10. The summed E-state index contributed by atoms with van der Waals surface area (Å²) in [5, 5.41) is 16.7. The van der Waals surface area contributed by atoms with Crippen LogP contribution in [0.15, 0.2) is 10.9 Å². The van der Waals surface area contributed by atoms with Crippen LogP contribution in [0.5, 0.6) is 0 Å². The number of carboxylic acid groups (broad SMARTS) is 1. The molecule has 1 aromatic heterocycles. The number of nitrogens with one attached hydrogen (secondary N) is 2. The molecule has 0 spiro atoms. The van der Waals surface area contributed by atoms with E-state index in [4.69, 9.17) is 9.84 Å². The van der Waals surface area contributed by atoms with E-state index in [0.717, 1.165) is 6.39 Å². The molecule has 2 amide bonds. The van der Waals surface area contributed by atoms with Crippen LogP contribution in [0, 0.1) is 0 Å². The Morgan fingerprint density at radius 3 is 2.94 bits per heavy atom. The molecular formula is C8H12N4O5. The molecule has 0 saturated heterocycles. The van der Waals surface area contributed by atoms with E-state index in [0.29, 0.717) is 5.82 Å². The summed E-state index contributed by atoms with van der Waals surface area (Å²) in [4.78, 5) is 24.9. The van der Waals surface area contributed by atoms with Crippen molar-refractivity contribution in [2.45, 2.75) is 6.54 Å². The van der Waals surface area contributed by atoms with Crippen molar-refractivity contribution in [3.05, 3.63) is 12.2 Å². The Morgan fingerprint density at radius 1 is 1.47 bits per heavy atom. The maximum atomic E-state index is 11.2. The van der Waals surface area contributed by atoms with E-state index in [1.54, 1.807) is 0 Å². The molecule has 1 heterocycles. The minimum Gasteiger partial charge on any atom is -0.480 e. The number of carbonyl (C=O) groups excluding carboxylic acids is 1. The molecule has 9 nitrogen and oxygen atoms in total. The van der Waals surface area contributed by atoms with E-state index >= 15 is 0 Å². The van der Waals surface area contributed by atoms with Gasteiger partial charge in [-0.25, -0.2) is 9.59 Å². The molecule has 0 atom stereocenters. The minimum atomic E-state index is -1.05. The van der Waals surface area contributed by atoms with Crippen LogP contribution in [-0.4, -0.2) is 47.0 Å². The van der Waals surface area contributed by atoms with E-state index in [1.165, 1.54) is 0 Å². The van der Waals surface area contributed by atoms with Crippen molar-refractivity contribution in [3.63, 3.8) is 0 Å². The summed E-state index contributed by atoms with van der Waals surface area (Å²) >= 11 is 0. The number of rotatable bonds is 7. The van der Waals surface area contributed by atoms with Gasteiger partial charge in [-0.3, -0.25) is 0 Å². The molecule has 0 unspecified atom stereocenters. The summed E-state index contributed by atoms with van der Waals surface area (Å²) in [5.74, 6) is -0.686. The smallest absolute Gasteiger partial charge is 0.329 e. The Kier molecular flexibility index (Phi) is 5.44. The summed E-state index contributed by atoms with van der Waals surface area (Å²) < 4.78 is 9.19. The van der Waals surface area contributed by atoms with Crippen molar-refractivity contribution < 1.29 is 24.0 Å². The number of urea groups is 1. The first kappa shape index (κ1) is 12.9. The summed E-state index contributed by atoms with van der Waals surface area (Å²) in [7, 11) is 0. The van der Waals surface area contributed by atoms with Gasteiger partial charge in [-0.05, 0) is 0 Å². The Balaban J connectivity index is 2.00. The van der Waals surface area contributed by atoms with Gasteiger partial charge in [-0.1, -0.05) is 5.16 Å². The second-order valence-corrected chi connectivity index (χ2v) is 2.90. The number of amides is 2. The number of hydrogen-bond donors (Lipinski definition) is 3. The first-order valence-corrected chi connectivity index (χ1v) is 4.75. The number of carboxylic acids is 1. The Labute approximate surface area is 96.1 Å². The molecule has 9 heteroatoms. The van der Waals surface area contributed by atoms with Gasteiger partial charge in [-0.15, -0.1) is 0 Å². The molecule has 0 radical (unpaired) electrons. The summed E-state index contributed by atoms with van der Waals surface area (Å²) in [6.07, 6.45) is 1.16. The monoisotopic (exact) mass is 244 g/mol. The first-order chi connectivity index (χ1) is 8.18. The third-order valence-electron chi connectivity index (χ3n) is 1.57. The predicted octanol–water partition coefficient (Wildman–Crippen LogP) is -1.03. The molecule has 3 N–H and O–H groups in total. The minimum absolute atomic E-state index is 0.127. The maximum absolute atomic E-state index is 11.2. The molecule has 1 rings (SSSR count). The molecule has 1 aromatic rings. The second kappa shape index (κ2) is 7.17. The standard InChI is InChI=1S/C8H12N4O5/c13-7(14)4-16-2-1-9-8(15)10-3-6-11-5-17-12-6/h5H,1-4H2,(H,13,14)(H2,9,10,15). The van der Waals surface area contributed by atoms with Gasteiger partial charge in [-0.2, -0.15) is 4.98 Å². The van der Waals surface area contributed by atoms with Crippen LogP contribution in [0.25, 0.3) is 0 Å². The largest absolute Gasteiger partial charge is 0.480 e. The summed E-state index contributed by atoms with van der Waals surface area (Å²) in [5.41, 5.74) is 0. The van der Waals surface area contributed by atoms with Crippen LogP contribution < -0.4 is 10.6 Å². The molecule has 0 fully saturated rings. The lowest BCUT2D eigenvalue weighted by molar-refractivity contribution is -0.142. The third-order valence-corrected chi connectivity index (χ3v) is 1.57. The van der Waals surface area contributed by atoms with Crippen molar-refractivity contribution in [2.75, 3.05) is 19.8 Å². The highest BCUT2D eigenvalue weighted by atomic mass is 16.5. The topological polar surface area (TPSA) is 127 Å². The van der Waals surface area contributed by atoms with E-state index in [9.17, 15) is 9.59 Å². The van der Waals surface area contributed by atoms with E-state index in [-0.39, 0.29) is 26.3 Å². The summed E-state index contributed by atoms with van der Waals surface area (Å²) in [6.45, 7) is 0.109. The SMILES string of the molecule is O=C(O)COCCNC(=O)NCc1ncon1. The first-order valence-electron chi connectivity index (χ1n) is 4.75. The van der Waals surface area contributed by atoms with Crippen LogP contribution in [-0.2, 0) is 16.1 Å². The molecular weight excluding hydrogens is 232 g/mol. The van der Waals surface area contributed by atoms with Crippen LogP contribution in [0.3, 0.4) is 0 Å². The number of carbonyl (C=O) groups is 2. The fourth-order valence-corrected chi connectivity index (χ4v) is 0.888. The quantitative estimate of drug-likeness (QED) is 0.523. The van der Waals surface area contributed by atoms with Crippen LogP contribution in [0.2, 0.25) is 0 Å². The molecule has 17 heavy (non-hydrogen) atoms. The zero-order valence-corrected chi connectivity index (χ0v) is 8.88. The number of ether oxygens (including phenoxy) is 1. The second-order valence-electron chi connectivity index (χ2n) is 2.90. The molecule has 0 saturated carbocycles. The highest BCUT2D eigenvalue weighted by Crippen LogP contribution is 1.85. The number of aromatic nitrogens is 2. The fraction of sp³-hybridized carbons (Fsp3) is 0.500. The molecule has 0 aliphatic rings. The van der Waals surface area contributed by atoms with Crippen LogP contribution in [0.4, 0.5) is 4.79 Å². The van der Waals surface area contributed by atoms with Gasteiger partial charge in [0.2, 0.25) is 6.39 Å². The lowest BCUT2D eigenvalue weighted by Gasteiger charge is -2.05. The highest BCUT2D eigenvalue weighted by molar-refractivity contribution is 5.73. The average molecular weight is 244 g/mol. The number of hydrogen-bond acceptors (Lipinski definition) is 6. The van der Waals surface area contributed by atoms with E-state index < -0.39 is 12.0 Å². The van der Waals surface area contributed by atoms with Gasteiger partial charge in [0.1, 0.15) is 6.61 Å². The Morgan fingerprint density at radius 2 is 2.29 bits per heavy atom. The van der Waals surface area contributed by atoms with E-state index in [1.807, 2.05) is 0 Å². The van der Waals surface area contributed by atoms with Crippen molar-refractivity contribution in [3.8, 4) is 0 Å². The Bertz CT molecular complexity index is 353. The number of nitrogens with zero attached hydrogens (tertiary/aromatic N) is 2.